The zero-order chi connectivity index (χ0) is 14.6. The van der Waals surface area contributed by atoms with Crippen LogP contribution in [-0.4, -0.2) is 6.84 Å². The van der Waals surface area contributed by atoms with Crippen molar-refractivity contribution < 1.29 is 9.47 Å². The normalized spacial score (nSPS) is 12.0. The van der Waals surface area contributed by atoms with Gasteiger partial charge in [0.2, 0.25) is 2.14 Å². The van der Waals surface area contributed by atoms with Crippen LogP contribution in [0.4, 0.5) is 0 Å². The maximum absolute atomic E-state index is 5.92. The van der Waals surface area contributed by atoms with Crippen LogP contribution in [-0.2, 0) is 0 Å². The number of hydrogen-bond donors (Lipinski definition) is 0. The summed E-state index contributed by atoms with van der Waals surface area (Å²) < 4.78 is 9.83. The molecule has 0 saturated carbocycles. The van der Waals surface area contributed by atoms with E-state index in [0.717, 1.165) is 0 Å². The van der Waals surface area contributed by atoms with Crippen molar-refractivity contribution in [2.75, 3.05) is 0 Å². The van der Waals surface area contributed by atoms with Crippen LogP contribution in [0.15, 0.2) is 60.7 Å². The van der Waals surface area contributed by atoms with Gasteiger partial charge < -0.3 is 9.47 Å². The predicted octanol–water partition coefficient (Wildman–Crippen LogP) is 6.03. The number of halogens is 4. The van der Waals surface area contributed by atoms with E-state index in [1.54, 1.807) is 0 Å². The minimum absolute atomic E-state index is 0.669. The van der Waals surface area contributed by atoms with Crippen molar-refractivity contribution in [3.05, 3.63) is 60.7 Å². The van der Waals surface area contributed by atoms with Gasteiger partial charge in [0.25, 0.3) is 0 Å². The molecule has 2 aromatic rings. The van der Waals surface area contributed by atoms with Crippen LogP contribution in [0.1, 0.15) is 0 Å². The maximum Gasteiger partial charge on any atom is 0.345 e. The van der Waals surface area contributed by atoms with Gasteiger partial charge in [-0.25, -0.2) is 0 Å². The molecule has 0 spiro atoms. The Hall–Kier alpha value is -0.0400. The molecule has 20 heavy (non-hydrogen) atoms. The molecule has 0 aromatic heterocycles. The molecule has 6 heteroatoms. The third-order valence-corrected chi connectivity index (χ3v) is 6.40. The lowest BCUT2D eigenvalue weighted by molar-refractivity contribution is -0.0103. The summed E-state index contributed by atoms with van der Waals surface area (Å²) in [6.45, 7) is 0. The van der Waals surface area contributed by atoms with Crippen molar-refractivity contribution in [3.63, 3.8) is 0 Å². The highest BCUT2D eigenvalue weighted by atomic mass is 80.0. The quantitative estimate of drug-likeness (QED) is 0.356. The van der Waals surface area contributed by atoms with Gasteiger partial charge in [-0.15, -0.1) is 0 Å². The van der Waals surface area contributed by atoms with E-state index in [1.807, 2.05) is 60.7 Å². The van der Waals surface area contributed by atoms with E-state index in [2.05, 4.69) is 63.7 Å². The van der Waals surface area contributed by atoms with Crippen LogP contribution in [0.3, 0.4) is 0 Å². The van der Waals surface area contributed by atoms with E-state index in [9.17, 15) is 0 Å². The molecule has 2 aromatic carbocycles. The summed E-state index contributed by atoms with van der Waals surface area (Å²) in [6.07, 6.45) is 0. The minimum atomic E-state index is -1.19. The van der Waals surface area contributed by atoms with E-state index in [0.29, 0.717) is 11.5 Å². The second kappa shape index (κ2) is 6.81. The van der Waals surface area contributed by atoms with Gasteiger partial charge in [0.1, 0.15) is 11.5 Å². The Morgan fingerprint density at radius 2 is 0.950 bits per heavy atom. The molecule has 0 aliphatic rings. The largest absolute Gasteiger partial charge is 0.441 e. The summed E-state index contributed by atoms with van der Waals surface area (Å²) in [6, 6.07) is 18.8. The van der Waals surface area contributed by atoms with Gasteiger partial charge in [-0.2, -0.15) is 0 Å². The van der Waals surface area contributed by atoms with Crippen LogP contribution < -0.4 is 9.47 Å². The summed E-state index contributed by atoms with van der Waals surface area (Å²) in [5.41, 5.74) is 0. The number of benzene rings is 2. The molecule has 0 saturated heterocycles. The Balaban J connectivity index is 2.27. The SMILES string of the molecule is BrC(Br)(Br)C(Br)(Oc1ccccc1)Oc1ccccc1. The number of para-hydroxylation sites is 2. The van der Waals surface area contributed by atoms with E-state index >= 15 is 0 Å². The standard InChI is InChI=1S/C14H10Br4O2/c15-13(16,17)14(18,19-11-7-3-1-4-8-11)20-12-9-5-2-6-10-12/h1-10H. The van der Waals surface area contributed by atoms with Crippen molar-refractivity contribution in [1.29, 1.82) is 0 Å². The molecule has 106 valence electrons. The van der Waals surface area contributed by atoms with Crippen LogP contribution in [0.25, 0.3) is 0 Å². The first-order valence-corrected chi connectivity index (χ1v) is 8.82. The summed E-state index contributed by atoms with van der Waals surface area (Å²) in [7, 11) is 0. The first kappa shape index (κ1) is 16.3. The summed E-state index contributed by atoms with van der Waals surface area (Å²) in [5.74, 6) is 1.34. The average molecular weight is 530 g/mol. The van der Waals surface area contributed by atoms with Gasteiger partial charge in [-0.3, -0.25) is 0 Å². The van der Waals surface area contributed by atoms with Crippen molar-refractivity contribution in [2.24, 2.45) is 0 Å². The lowest BCUT2D eigenvalue weighted by Gasteiger charge is -2.35. The summed E-state index contributed by atoms with van der Waals surface area (Å²) in [5, 5.41) is 0. The van der Waals surface area contributed by atoms with Gasteiger partial charge >= 0.3 is 4.70 Å². The summed E-state index contributed by atoms with van der Waals surface area (Å²) >= 11 is 13.9. The van der Waals surface area contributed by atoms with Gasteiger partial charge in [-0.05, 0) is 24.3 Å². The molecular formula is C14H10Br4O2. The Kier molecular flexibility index (Phi) is 5.56. The molecule has 2 nitrogen and oxygen atoms in total. The van der Waals surface area contributed by atoms with E-state index in [4.69, 9.17) is 9.47 Å². The second-order valence-corrected chi connectivity index (χ2v) is 11.7. The lowest BCUT2D eigenvalue weighted by Crippen LogP contribution is -2.47. The molecule has 0 radical (unpaired) electrons. The molecule has 0 amide bonds. The lowest BCUT2D eigenvalue weighted by atomic mass is 10.3. The average Bonchev–Trinajstić information content (AvgIpc) is 2.39. The molecular weight excluding hydrogens is 520 g/mol. The minimum Gasteiger partial charge on any atom is -0.441 e. The monoisotopic (exact) mass is 526 g/mol. The molecule has 0 atom stereocenters. The molecule has 0 fully saturated rings. The molecule has 0 unspecified atom stereocenters. The molecule has 0 aliphatic carbocycles. The van der Waals surface area contributed by atoms with Crippen LogP contribution in [0.5, 0.6) is 11.5 Å². The summed E-state index contributed by atoms with van der Waals surface area (Å²) in [4.78, 5) is 0. The fourth-order valence-corrected chi connectivity index (χ4v) is 2.28. The van der Waals surface area contributed by atoms with Gasteiger partial charge in [0, 0.05) is 15.9 Å². The van der Waals surface area contributed by atoms with Gasteiger partial charge in [0.05, 0.1) is 0 Å². The molecule has 0 aliphatic heterocycles. The zero-order valence-corrected chi connectivity index (χ0v) is 16.4. The molecule has 0 bridgehead atoms. The predicted molar refractivity (Wildman–Crippen MR) is 95.3 cm³/mol. The molecule has 0 N–H and O–H groups in total. The van der Waals surface area contributed by atoms with Gasteiger partial charge in [0.15, 0.2) is 0 Å². The first-order valence-electron chi connectivity index (χ1n) is 5.64. The van der Waals surface area contributed by atoms with Crippen LogP contribution in [0, 0.1) is 0 Å². The van der Waals surface area contributed by atoms with E-state index in [1.165, 1.54) is 0 Å². The number of hydrogen-bond acceptors (Lipinski definition) is 2. The van der Waals surface area contributed by atoms with Crippen molar-refractivity contribution in [3.8, 4) is 11.5 Å². The number of alkyl halides is 4. The Morgan fingerprint density at radius 1 is 0.600 bits per heavy atom. The Morgan fingerprint density at radius 3 is 1.25 bits per heavy atom. The van der Waals surface area contributed by atoms with Crippen LogP contribution >= 0.6 is 63.7 Å². The zero-order valence-electron chi connectivity index (χ0n) is 10.1. The maximum atomic E-state index is 5.92. The first-order chi connectivity index (χ1) is 9.41. The van der Waals surface area contributed by atoms with Crippen molar-refractivity contribution >= 4 is 63.7 Å². The van der Waals surface area contributed by atoms with Crippen molar-refractivity contribution in [1.82, 2.24) is 0 Å². The molecule has 0 heterocycles. The number of rotatable bonds is 4. The van der Waals surface area contributed by atoms with E-state index < -0.39 is 6.84 Å². The van der Waals surface area contributed by atoms with Crippen LogP contribution in [0.2, 0.25) is 0 Å². The third kappa shape index (κ3) is 4.23. The second-order valence-electron chi connectivity index (χ2n) is 3.86. The molecule has 2 rings (SSSR count). The highest BCUT2D eigenvalue weighted by molar-refractivity contribution is 9.40. The Labute approximate surface area is 151 Å². The smallest absolute Gasteiger partial charge is 0.345 e. The fraction of sp³-hybridized carbons (Fsp3) is 0.143. The number of ether oxygens (including phenoxy) is 2. The Bertz CT molecular complexity index is 499. The topological polar surface area (TPSA) is 18.5 Å². The van der Waals surface area contributed by atoms with Crippen molar-refractivity contribution in [2.45, 2.75) is 6.84 Å². The fourth-order valence-electron chi connectivity index (χ4n) is 1.42. The third-order valence-electron chi connectivity index (χ3n) is 2.32. The highest BCUT2D eigenvalue weighted by Crippen LogP contribution is 2.50. The van der Waals surface area contributed by atoms with E-state index in [-0.39, 0.29) is 0 Å². The van der Waals surface area contributed by atoms with Gasteiger partial charge in [-0.1, -0.05) is 84.2 Å². The highest BCUT2D eigenvalue weighted by Gasteiger charge is 2.51.